The van der Waals surface area contributed by atoms with Crippen molar-refractivity contribution in [3.63, 3.8) is 0 Å². The third kappa shape index (κ3) is 5.07. The molecule has 11 heteroatoms. The summed E-state index contributed by atoms with van der Waals surface area (Å²) in [6, 6.07) is 17.6. The van der Waals surface area contributed by atoms with Gasteiger partial charge in [-0.15, -0.1) is 0 Å². The lowest BCUT2D eigenvalue weighted by Crippen LogP contribution is -2.64. The highest BCUT2D eigenvalue weighted by atomic mass is 32.2. The van der Waals surface area contributed by atoms with Gasteiger partial charge in [0.1, 0.15) is 0 Å². The number of nitrogens with one attached hydrogen (secondary N) is 2. The van der Waals surface area contributed by atoms with E-state index in [1.807, 2.05) is 12.1 Å². The van der Waals surface area contributed by atoms with E-state index >= 15 is 0 Å². The Labute approximate surface area is 221 Å². The number of piperidine rings is 1. The Kier molecular flexibility index (Phi) is 7.43. The predicted octanol–water partition coefficient (Wildman–Crippen LogP) is 2.53. The number of carbonyl (C=O) groups is 2. The molecule has 7 N–H and O–H groups in total. The molecule has 1 heterocycles. The molecule has 38 heavy (non-hydrogen) atoms. The first kappa shape index (κ1) is 27.1. The second-order valence-corrected chi connectivity index (χ2v) is 11.9. The van der Waals surface area contributed by atoms with Crippen molar-refractivity contribution in [2.75, 3.05) is 11.9 Å². The first-order valence-electron chi connectivity index (χ1n) is 12.2. The van der Waals surface area contributed by atoms with E-state index in [1.165, 1.54) is 17.0 Å². The summed E-state index contributed by atoms with van der Waals surface area (Å²) in [4.78, 5) is 24.7. The molecule has 0 aliphatic carbocycles. The highest BCUT2D eigenvalue weighted by Gasteiger charge is 2.52. The maximum Gasteiger partial charge on any atom is 0.308 e. The summed E-state index contributed by atoms with van der Waals surface area (Å²) in [6.45, 7) is 1.80. The summed E-state index contributed by atoms with van der Waals surface area (Å²) >= 11 is 0. The van der Waals surface area contributed by atoms with E-state index in [-0.39, 0.29) is 23.8 Å². The number of fused-ring (bicyclic) bond motifs is 1. The van der Waals surface area contributed by atoms with Gasteiger partial charge in [0, 0.05) is 24.7 Å². The zero-order valence-electron chi connectivity index (χ0n) is 20.9. The van der Waals surface area contributed by atoms with Gasteiger partial charge in [0.05, 0.1) is 10.8 Å². The van der Waals surface area contributed by atoms with Gasteiger partial charge >= 0.3 is 5.97 Å². The third-order valence-electron chi connectivity index (χ3n) is 7.11. The Morgan fingerprint density at radius 1 is 1.11 bits per heavy atom. The number of nitrogens with two attached hydrogens (primary N) is 2. The van der Waals surface area contributed by atoms with E-state index in [0.717, 1.165) is 5.39 Å². The van der Waals surface area contributed by atoms with E-state index in [1.54, 1.807) is 49.4 Å². The van der Waals surface area contributed by atoms with Crippen molar-refractivity contribution in [2.24, 2.45) is 17.4 Å². The fourth-order valence-corrected chi connectivity index (χ4v) is 6.70. The maximum absolute atomic E-state index is 14.2. The van der Waals surface area contributed by atoms with Crippen LogP contribution in [-0.2, 0) is 25.8 Å². The number of guanidine groups is 1. The Morgan fingerprint density at radius 2 is 1.82 bits per heavy atom. The SMILES string of the molecule is CC1C(C(=O)O)CCCN1C(=O)[C@@](N)(Cc1cccc(NC(=N)N)c1)S(=O)(=O)c1ccc2ccccc2c1. The van der Waals surface area contributed by atoms with E-state index in [0.29, 0.717) is 29.5 Å². The van der Waals surface area contributed by atoms with Gasteiger partial charge in [0.15, 0.2) is 5.96 Å². The van der Waals surface area contributed by atoms with Crippen LogP contribution in [0.1, 0.15) is 25.3 Å². The van der Waals surface area contributed by atoms with Crippen LogP contribution in [0.4, 0.5) is 5.69 Å². The Morgan fingerprint density at radius 3 is 2.50 bits per heavy atom. The highest BCUT2D eigenvalue weighted by molar-refractivity contribution is 7.93. The maximum atomic E-state index is 14.2. The number of anilines is 1. The largest absolute Gasteiger partial charge is 0.481 e. The number of carboxylic acid groups (broad SMARTS) is 1. The lowest BCUT2D eigenvalue weighted by atomic mass is 9.89. The monoisotopic (exact) mass is 537 g/mol. The number of rotatable bonds is 7. The van der Waals surface area contributed by atoms with Crippen molar-refractivity contribution in [1.82, 2.24) is 4.90 Å². The Balaban J connectivity index is 1.82. The van der Waals surface area contributed by atoms with Crippen molar-refractivity contribution in [3.8, 4) is 0 Å². The van der Waals surface area contributed by atoms with Crippen LogP contribution in [0, 0.1) is 11.3 Å². The number of carboxylic acids is 1. The van der Waals surface area contributed by atoms with E-state index in [4.69, 9.17) is 16.9 Å². The van der Waals surface area contributed by atoms with Gasteiger partial charge in [-0.25, -0.2) is 8.42 Å². The minimum Gasteiger partial charge on any atom is -0.481 e. The number of aliphatic carboxylic acids is 1. The number of nitrogens with zero attached hydrogens (tertiary/aromatic N) is 1. The molecule has 1 aliphatic heterocycles. The molecule has 4 rings (SSSR count). The van der Waals surface area contributed by atoms with Gasteiger partial charge in [-0.2, -0.15) is 0 Å². The molecule has 3 aromatic rings. The summed E-state index contributed by atoms with van der Waals surface area (Å²) in [5.74, 6) is -3.03. The van der Waals surface area contributed by atoms with Gasteiger partial charge in [-0.3, -0.25) is 15.0 Å². The predicted molar refractivity (Wildman–Crippen MR) is 145 cm³/mol. The lowest BCUT2D eigenvalue weighted by molar-refractivity contribution is -0.150. The van der Waals surface area contributed by atoms with Gasteiger partial charge in [0.25, 0.3) is 5.91 Å². The summed E-state index contributed by atoms with van der Waals surface area (Å²) < 4.78 is 28.4. The standard InChI is InChI=1S/C27H31N5O5S/c1-17-23(24(33)34)10-5-13-32(17)25(35)27(30,16-18-6-4-9-21(14-18)31-26(28)29)38(36,37)22-12-11-19-7-2-3-8-20(19)15-22/h2-4,6-9,11-12,14-15,17,23H,5,10,13,16,30H2,1H3,(H,33,34)(H4,28,29,31)/t17?,23?,27-/m1/s1. The minimum atomic E-state index is -4.48. The zero-order valence-corrected chi connectivity index (χ0v) is 21.7. The number of sulfone groups is 1. The second-order valence-electron chi connectivity index (χ2n) is 9.64. The van der Waals surface area contributed by atoms with Crippen LogP contribution >= 0.6 is 0 Å². The minimum absolute atomic E-state index is 0.107. The van der Waals surface area contributed by atoms with Gasteiger partial charge < -0.3 is 26.8 Å². The smallest absolute Gasteiger partial charge is 0.308 e. The molecular formula is C27H31N5O5S. The molecule has 1 saturated heterocycles. The molecule has 0 saturated carbocycles. The molecule has 0 bridgehead atoms. The Bertz CT molecular complexity index is 1510. The number of hydrogen-bond donors (Lipinski definition) is 5. The van der Waals surface area contributed by atoms with Crippen LogP contribution in [-0.4, -0.2) is 53.7 Å². The summed E-state index contributed by atoms with van der Waals surface area (Å²) in [7, 11) is -4.48. The van der Waals surface area contributed by atoms with Crippen LogP contribution in [0.25, 0.3) is 10.8 Å². The van der Waals surface area contributed by atoms with Crippen LogP contribution in [0.2, 0.25) is 0 Å². The molecule has 2 unspecified atom stereocenters. The molecule has 3 atom stereocenters. The number of carbonyl (C=O) groups excluding carboxylic acids is 1. The first-order chi connectivity index (χ1) is 17.9. The number of benzene rings is 3. The number of hydrogen-bond acceptors (Lipinski definition) is 6. The Hall–Kier alpha value is -3.96. The van der Waals surface area contributed by atoms with Crippen LogP contribution in [0.5, 0.6) is 0 Å². The zero-order chi connectivity index (χ0) is 27.7. The molecule has 1 fully saturated rings. The van der Waals surface area contributed by atoms with Crippen LogP contribution in [0.3, 0.4) is 0 Å². The third-order valence-corrected chi connectivity index (χ3v) is 9.26. The molecular weight excluding hydrogens is 506 g/mol. The van der Waals surface area contributed by atoms with Crippen LogP contribution < -0.4 is 16.8 Å². The summed E-state index contributed by atoms with van der Waals surface area (Å²) in [6.07, 6.45) is 0.417. The van der Waals surface area contributed by atoms with Crippen LogP contribution in [0.15, 0.2) is 71.6 Å². The van der Waals surface area contributed by atoms with Crippen molar-refractivity contribution < 1.29 is 23.1 Å². The highest BCUT2D eigenvalue weighted by Crippen LogP contribution is 2.33. The average Bonchev–Trinajstić information content (AvgIpc) is 2.87. The fourth-order valence-electron chi connectivity index (χ4n) is 5.05. The fraction of sp³-hybridized carbons (Fsp3) is 0.296. The number of likely N-dealkylation sites (tertiary alicyclic amines) is 1. The quantitative estimate of drug-likeness (QED) is 0.225. The van der Waals surface area contributed by atoms with Gasteiger partial charge in [-0.1, -0.05) is 42.5 Å². The molecule has 0 radical (unpaired) electrons. The number of amides is 1. The van der Waals surface area contributed by atoms with E-state index in [9.17, 15) is 23.1 Å². The normalized spacial score (nSPS) is 19.5. The molecule has 0 spiro atoms. The van der Waals surface area contributed by atoms with Gasteiger partial charge in [0.2, 0.25) is 14.7 Å². The van der Waals surface area contributed by atoms with Crippen molar-refractivity contribution >= 4 is 44.1 Å². The second kappa shape index (κ2) is 10.4. The molecule has 10 nitrogen and oxygen atoms in total. The molecule has 200 valence electrons. The molecule has 3 aromatic carbocycles. The van der Waals surface area contributed by atoms with Crippen molar-refractivity contribution in [2.45, 2.75) is 42.0 Å². The van der Waals surface area contributed by atoms with Gasteiger partial charge in [-0.05, 0) is 60.4 Å². The topological polar surface area (TPSA) is 180 Å². The lowest BCUT2D eigenvalue weighted by Gasteiger charge is -2.42. The molecule has 1 amide bonds. The summed E-state index contributed by atoms with van der Waals surface area (Å²) in [5, 5.41) is 21.3. The molecule has 1 aliphatic rings. The van der Waals surface area contributed by atoms with Crippen molar-refractivity contribution in [3.05, 3.63) is 72.3 Å². The first-order valence-corrected chi connectivity index (χ1v) is 13.7. The average molecular weight is 538 g/mol. The van der Waals surface area contributed by atoms with Crippen molar-refractivity contribution in [1.29, 1.82) is 5.41 Å². The van der Waals surface area contributed by atoms with E-state index < -0.39 is 38.5 Å². The molecule has 0 aromatic heterocycles. The van der Waals surface area contributed by atoms with E-state index in [2.05, 4.69) is 5.32 Å². The summed E-state index contributed by atoms with van der Waals surface area (Å²) in [5.41, 5.74) is 13.0.